The van der Waals surface area contributed by atoms with Crippen molar-refractivity contribution in [3.8, 4) is 0 Å². The van der Waals surface area contributed by atoms with Gasteiger partial charge in [-0.05, 0) is 32.1 Å². The van der Waals surface area contributed by atoms with Crippen LogP contribution in [0.5, 0.6) is 0 Å². The maximum absolute atomic E-state index is 12.9. The molecule has 3 fully saturated rings. The standard InChI is InChI=1S/C17H26N2O4/c20-15(18-8-3-4-9-18)13-5-1-2-6-14(13)16(21)19-10-7-12(11-19)17(22)23/h12-14H,1-11H2,(H,22,23). The van der Waals surface area contributed by atoms with Gasteiger partial charge in [0.15, 0.2) is 0 Å². The second kappa shape index (κ2) is 6.89. The third-order valence-electron chi connectivity index (χ3n) is 5.67. The molecule has 3 rings (SSSR count). The van der Waals surface area contributed by atoms with Crippen molar-refractivity contribution in [3.05, 3.63) is 0 Å². The number of carboxylic acid groups (broad SMARTS) is 1. The van der Waals surface area contributed by atoms with Gasteiger partial charge in [-0.15, -0.1) is 0 Å². The molecule has 1 N–H and O–H groups in total. The summed E-state index contributed by atoms with van der Waals surface area (Å²) < 4.78 is 0. The van der Waals surface area contributed by atoms with Gasteiger partial charge in [-0.1, -0.05) is 12.8 Å². The molecule has 1 aliphatic carbocycles. The molecule has 0 bridgehead atoms. The molecule has 128 valence electrons. The minimum absolute atomic E-state index is 0.00555. The molecule has 23 heavy (non-hydrogen) atoms. The lowest BCUT2D eigenvalue weighted by Crippen LogP contribution is -2.45. The summed E-state index contributed by atoms with van der Waals surface area (Å²) >= 11 is 0. The van der Waals surface area contributed by atoms with E-state index < -0.39 is 11.9 Å². The molecular formula is C17H26N2O4. The Hall–Kier alpha value is -1.59. The zero-order valence-electron chi connectivity index (χ0n) is 13.6. The highest BCUT2D eigenvalue weighted by molar-refractivity contribution is 5.88. The first kappa shape index (κ1) is 16.3. The van der Waals surface area contributed by atoms with E-state index in [-0.39, 0.29) is 23.7 Å². The zero-order chi connectivity index (χ0) is 16.4. The van der Waals surface area contributed by atoms with Crippen LogP contribution in [0.15, 0.2) is 0 Å². The Morgan fingerprint density at radius 2 is 1.30 bits per heavy atom. The highest BCUT2D eigenvalue weighted by Crippen LogP contribution is 2.34. The van der Waals surface area contributed by atoms with E-state index in [2.05, 4.69) is 0 Å². The maximum atomic E-state index is 12.9. The number of rotatable bonds is 3. The van der Waals surface area contributed by atoms with Gasteiger partial charge in [0.2, 0.25) is 11.8 Å². The smallest absolute Gasteiger partial charge is 0.308 e. The van der Waals surface area contributed by atoms with Crippen LogP contribution in [-0.4, -0.2) is 58.9 Å². The summed E-state index contributed by atoms with van der Waals surface area (Å²) in [5.74, 6) is -1.56. The Kier molecular flexibility index (Phi) is 4.87. The summed E-state index contributed by atoms with van der Waals surface area (Å²) in [7, 11) is 0. The monoisotopic (exact) mass is 322 g/mol. The van der Waals surface area contributed by atoms with Gasteiger partial charge in [0, 0.05) is 38.0 Å². The second-order valence-electron chi connectivity index (χ2n) is 7.14. The van der Waals surface area contributed by atoms with Gasteiger partial charge in [0.25, 0.3) is 0 Å². The Morgan fingerprint density at radius 3 is 1.83 bits per heavy atom. The van der Waals surface area contributed by atoms with Crippen molar-refractivity contribution in [2.75, 3.05) is 26.2 Å². The predicted molar refractivity (Wildman–Crippen MR) is 83.6 cm³/mol. The number of carboxylic acids is 1. The molecule has 2 heterocycles. The number of carbonyl (C=O) groups is 3. The van der Waals surface area contributed by atoms with Crippen LogP contribution in [0.25, 0.3) is 0 Å². The molecule has 3 unspecified atom stereocenters. The van der Waals surface area contributed by atoms with E-state index in [4.69, 9.17) is 5.11 Å². The van der Waals surface area contributed by atoms with Crippen molar-refractivity contribution in [3.63, 3.8) is 0 Å². The molecule has 1 saturated carbocycles. The molecule has 2 saturated heterocycles. The first-order valence-electron chi connectivity index (χ1n) is 8.88. The number of likely N-dealkylation sites (tertiary alicyclic amines) is 2. The number of nitrogens with zero attached hydrogens (tertiary/aromatic N) is 2. The first-order chi connectivity index (χ1) is 11.1. The Morgan fingerprint density at radius 1 is 0.739 bits per heavy atom. The molecule has 0 aromatic heterocycles. The summed E-state index contributed by atoms with van der Waals surface area (Å²) in [6.45, 7) is 2.45. The van der Waals surface area contributed by atoms with E-state index in [9.17, 15) is 14.4 Å². The third-order valence-corrected chi connectivity index (χ3v) is 5.67. The van der Waals surface area contributed by atoms with Crippen molar-refractivity contribution in [1.82, 2.24) is 9.80 Å². The van der Waals surface area contributed by atoms with Crippen LogP contribution in [-0.2, 0) is 14.4 Å². The number of aliphatic carboxylic acids is 1. The van der Waals surface area contributed by atoms with Crippen LogP contribution >= 0.6 is 0 Å². The van der Waals surface area contributed by atoms with Crippen molar-refractivity contribution in [2.24, 2.45) is 17.8 Å². The third kappa shape index (κ3) is 3.35. The lowest BCUT2D eigenvalue weighted by Gasteiger charge is -2.34. The highest BCUT2D eigenvalue weighted by Gasteiger charge is 2.42. The quantitative estimate of drug-likeness (QED) is 0.851. The van der Waals surface area contributed by atoms with Crippen LogP contribution in [0.4, 0.5) is 0 Å². The molecule has 3 aliphatic rings. The van der Waals surface area contributed by atoms with Crippen LogP contribution in [0.3, 0.4) is 0 Å². The lowest BCUT2D eigenvalue weighted by molar-refractivity contribution is -0.147. The largest absolute Gasteiger partial charge is 0.481 e. The van der Waals surface area contributed by atoms with Crippen LogP contribution < -0.4 is 0 Å². The molecule has 6 heteroatoms. The van der Waals surface area contributed by atoms with Crippen molar-refractivity contribution < 1.29 is 19.5 Å². The van der Waals surface area contributed by atoms with E-state index >= 15 is 0 Å². The molecular weight excluding hydrogens is 296 g/mol. The summed E-state index contributed by atoms with van der Waals surface area (Å²) in [4.78, 5) is 40.3. The Bertz CT molecular complexity index is 487. The fourth-order valence-corrected chi connectivity index (χ4v) is 4.29. The average molecular weight is 322 g/mol. The zero-order valence-corrected chi connectivity index (χ0v) is 13.6. The fraction of sp³-hybridized carbons (Fsp3) is 0.824. The van der Waals surface area contributed by atoms with Crippen LogP contribution in [0.2, 0.25) is 0 Å². The van der Waals surface area contributed by atoms with Gasteiger partial charge in [0.1, 0.15) is 0 Å². The topological polar surface area (TPSA) is 77.9 Å². The van der Waals surface area contributed by atoms with Gasteiger partial charge in [-0.2, -0.15) is 0 Å². The lowest BCUT2D eigenvalue weighted by atomic mass is 9.77. The molecule has 0 aromatic carbocycles. The number of hydrogen-bond donors (Lipinski definition) is 1. The number of amides is 2. The van der Waals surface area contributed by atoms with E-state index in [0.717, 1.165) is 51.6 Å². The average Bonchev–Trinajstić information content (AvgIpc) is 3.24. The second-order valence-corrected chi connectivity index (χ2v) is 7.14. The van der Waals surface area contributed by atoms with Gasteiger partial charge < -0.3 is 14.9 Å². The Labute approximate surface area is 136 Å². The van der Waals surface area contributed by atoms with Crippen molar-refractivity contribution >= 4 is 17.8 Å². The SMILES string of the molecule is O=C(O)C1CCN(C(=O)C2CCCCC2C(=O)N2CCCC2)C1. The molecule has 2 aliphatic heterocycles. The number of hydrogen-bond acceptors (Lipinski definition) is 3. The van der Waals surface area contributed by atoms with Crippen LogP contribution in [0, 0.1) is 17.8 Å². The van der Waals surface area contributed by atoms with Gasteiger partial charge in [0.05, 0.1) is 5.92 Å². The summed E-state index contributed by atoms with van der Waals surface area (Å²) in [6.07, 6.45) is 6.19. The normalized spacial score (nSPS) is 31.4. The van der Waals surface area contributed by atoms with Gasteiger partial charge >= 0.3 is 5.97 Å². The number of carbonyl (C=O) groups excluding carboxylic acids is 2. The van der Waals surface area contributed by atoms with E-state index in [1.165, 1.54) is 0 Å². The van der Waals surface area contributed by atoms with E-state index in [0.29, 0.717) is 19.5 Å². The predicted octanol–water partition coefficient (Wildman–Crippen LogP) is 1.35. The van der Waals surface area contributed by atoms with Gasteiger partial charge in [-0.25, -0.2) is 0 Å². The summed E-state index contributed by atoms with van der Waals surface area (Å²) in [5, 5.41) is 9.11. The Balaban J connectivity index is 1.67. The first-order valence-corrected chi connectivity index (χ1v) is 8.88. The van der Waals surface area contributed by atoms with Crippen LogP contribution in [0.1, 0.15) is 44.9 Å². The molecule has 2 amide bonds. The fourth-order valence-electron chi connectivity index (χ4n) is 4.29. The molecule has 0 spiro atoms. The van der Waals surface area contributed by atoms with E-state index in [1.807, 2.05) is 4.90 Å². The molecule has 0 radical (unpaired) electrons. The van der Waals surface area contributed by atoms with Crippen molar-refractivity contribution in [2.45, 2.75) is 44.9 Å². The van der Waals surface area contributed by atoms with E-state index in [1.54, 1.807) is 4.90 Å². The van der Waals surface area contributed by atoms with Crippen molar-refractivity contribution in [1.29, 1.82) is 0 Å². The molecule has 6 nitrogen and oxygen atoms in total. The maximum Gasteiger partial charge on any atom is 0.308 e. The highest BCUT2D eigenvalue weighted by atomic mass is 16.4. The molecule has 0 aromatic rings. The summed E-state index contributed by atoms with van der Waals surface area (Å²) in [5.41, 5.74) is 0. The minimum Gasteiger partial charge on any atom is -0.481 e. The summed E-state index contributed by atoms with van der Waals surface area (Å²) in [6, 6.07) is 0. The minimum atomic E-state index is -0.825. The molecule has 3 atom stereocenters. The van der Waals surface area contributed by atoms with Gasteiger partial charge in [-0.3, -0.25) is 14.4 Å².